The first kappa shape index (κ1) is 22.3. The number of ether oxygens (including phenoxy) is 2. The fourth-order valence-electron chi connectivity index (χ4n) is 3.57. The number of nitrogens with zero attached hydrogens (tertiary/aromatic N) is 1. The molecule has 31 heavy (non-hydrogen) atoms. The molecule has 1 aromatic carbocycles. The van der Waals surface area contributed by atoms with E-state index in [0.29, 0.717) is 28.2 Å². The van der Waals surface area contributed by atoms with Crippen LogP contribution in [-0.4, -0.2) is 23.0 Å². The summed E-state index contributed by atoms with van der Waals surface area (Å²) in [6.45, 7) is 9.31. The summed E-state index contributed by atoms with van der Waals surface area (Å²) in [6.07, 6.45) is 1.35. The Balaban J connectivity index is 1.96. The molecular weight excluding hydrogens is 392 g/mol. The maximum Gasteiger partial charge on any atom is 0.337 e. The number of pyridine rings is 1. The lowest BCUT2D eigenvalue weighted by Gasteiger charge is -2.30. The van der Waals surface area contributed by atoms with Gasteiger partial charge in [-0.05, 0) is 52.3 Å². The van der Waals surface area contributed by atoms with Crippen LogP contribution in [0.25, 0.3) is 0 Å². The monoisotopic (exact) mass is 420 g/mol. The smallest absolute Gasteiger partial charge is 0.337 e. The molecule has 1 atom stereocenters. The number of aromatic nitrogens is 1. The van der Waals surface area contributed by atoms with Crippen molar-refractivity contribution in [2.24, 2.45) is 0 Å². The Labute approximate surface area is 183 Å². The van der Waals surface area contributed by atoms with Crippen LogP contribution in [0.2, 0.25) is 0 Å². The van der Waals surface area contributed by atoms with Gasteiger partial charge in [0.15, 0.2) is 0 Å². The van der Waals surface area contributed by atoms with E-state index in [1.165, 1.54) is 0 Å². The molecule has 2 heterocycles. The van der Waals surface area contributed by atoms with E-state index in [4.69, 9.17) is 9.47 Å². The first-order chi connectivity index (χ1) is 14.8. The predicted molar refractivity (Wildman–Crippen MR) is 118 cm³/mol. The van der Waals surface area contributed by atoms with Crippen LogP contribution < -0.4 is 5.32 Å². The molecule has 1 aromatic heterocycles. The number of nitrogens with one attached hydrogen (secondary N) is 1. The van der Waals surface area contributed by atoms with E-state index >= 15 is 0 Å². The molecular formula is C25H28N2O4. The highest BCUT2D eigenvalue weighted by molar-refractivity contribution is 5.99. The van der Waals surface area contributed by atoms with E-state index < -0.39 is 17.9 Å². The molecule has 1 aliphatic rings. The van der Waals surface area contributed by atoms with Gasteiger partial charge in [0, 0.05) is 17.6 Å². The zero-order valence-electron chi connectivity index (χ0n) is 18.6. The van der Waals surface area contributed by atoms with Crippen molar-refractivity contribution in [3.63, 3.8) is 0 Å². The summed E-state index contributed by atoms with van der Waals surface area (Å²) in [6, 6.07) is 13.2. The lowest BCUT2D eigenvalue weighted by Crippen LogP contribution is -2.33. The summed E-state index contributed by atoms with van der Waals surface area (Å²) >= 11 is 0. The van der Waals surface area contributed by atoms with Gasteiger partial charge in [0.2, 0.25) is 0 Å². The van der Waals surface area contributed by atoms with Crippen molar-refractivity contribution in [2.75, 3.05) is 0 Å². The molecule has 1 aliphatic heterocycles. The minimum Gasteiger partial charge on any atom is -0.460 e. The standard InChI is InChI=1S/C25H28N2O4/c1-15(2)31-25(29)22-18(5)27-17(4)21(23(22)20-8-6-7-13-26-20)24(28)30-14-19-11-9-16(3)10-12-19/h6-13,15,23,27H,14H2,1-5H3. The average molecular weight is 421 g/mol. The summed E-state index contributed by atoms with van der Waals surface area (Å²) in [5.41, 5.74) is 4.58. The number of carbonyl (C=O) groups excluding carboxylic acids is 2. The van der Waals surface area contributed by atoms with Crippen molar-refractivity contribution < 1.29 is 19.1 Å². The maximum atomic E-state index is 13.2. The van der Waals surface area contributed by atoms with E-state index in [0.717, 1.165) is 11.1 Å². The first-order valence-corrected chi connectivity index (χ1v) is 10.3. The molecule has 3 rings (SSSR count). The van der Waals surface area contributed by atoms with Crippen LogP contribution in [0.1, 0.15) is 50.4 Å². The number of hydrogen-bond acceptors (Lipinski definition) is 6. The fraction of sp³-hybridized carbons (Fsp3) is 0.320. The maximum absolute atomic E-state index is 13.2. The Bertz CT molecular complexity index is 1020. The summed E-state index contributed by atoms with van der Waals surface area (Å²) in [5, 5.41) is 3.15. The molecule has 6 nitrogen and oxygen atoms in total. The molecule has 0 aliphatic carbocycles. The van der Waals surface area contributed by atoms with Crippen LogP contribution in [-0.2, 0) is 25.7 Å². The molecule has 0 bridgehead atoms. The van der Waals surface area contributed by atoms with Crippen molar-refractivity contribution in [1.29, 1.82) is 0 Å². The minimum absolute atomic E-state index is 0.138. The van der Waals surface area contributed by atoms with Crippen LogP contribution in [0.3, 0.4) is 0 Å². The quantitative estimate of drug-likeness (QED) is 0.702. The van der Waals surface area contributed by atoms with Gasteiger partial charge in [-0.3, -0.25) is 4.98 Å². The summed E-state index contributed by atoms with van der Waals surface area (Å²) in [4.78, 5) is 30.6. The molecule has 2 aromatic rings. The van der Waals surface area contributed by atoms with Crippen LogP contribution in [0, 0.1) is 6.92 Å². The number of carbonyl (C=O) groups is 2. The SMILES string of the molecule is CC1=C(C(=O)OCc2ccc(C)cc2)C(c2ccccn2)C(C(=O)OC(C)C)=C(C)N1. The average Bonchev–Trinajstić information content (AvgIpc) is 2.72. The molecule has 0 fully saturated rings. The third kappa shape index (κ3) is 5.20. The lowest BCUT2D eigenvalue weighted by atomic mass is 9.82. The Morgan fingerprint density at radius 2 is 1.61 bits per heavy atom. The van der Waals surface area contributed by atoms with Gasteiger partial charge in [0.05, 0.1) is 28.9 Å². The van der Waals surface area contributed by atoms with Crippen molar-refractivity contribution in [3.05, 3.63) is 88.0 Å². The van der Waals surface area contributed by atoms with Gasteiger partial charge in [-0.15, -0.1) is 0 Å². The van der Waals surface area contributed by atoms with E-state index in [1.54, 1.807) is 46.0 Å². The lowest BCUT2D eigenvalue weighted by molar-refractivity contribution is -0.143. The van der Waals surface area contributed by atoms with Crippen molar-refractivity contribution in [3.8, 4) is 0 Å². The second-order valence-electron chi connectivity index (χ2n) is 7.91. The molecule has 0 saturated carbocycles. The number of benzene rings is 1. The van der Waals surface area contributed by atoms with Gasteiger partial charge in [-0.25, -0.2) is 9.59 Å². The Morgan fingerprint density at radius 1 is 0.968 bits per heavy atom. The number of hydrogen-bond donors (Lipinski definition) is 1. The molecule has 0 spiro atoms. The third-order valence-electron chi connectivity index (χ3n) is 5.02. The van der Waals surface area contributed by atoms with Gasteiger partial charge in [0.25, 0.3) is 0 Å². The zero-order valence-corrected chi connectivity index (χ0v) is 18.6. The molecule has 1 N–H and O–H groups in total. The molecule has 0 radical (unpaired) electrons. The molecule has 6 heteroatoms. The van der Waals surface area contributed by atoms with Crippen molar-refractivity contribution in [1.82, 2.24) is 10.3 Å². The predicted octanol–water partition coefficient (Wildman–Crippen LogP) is 4.32. The normalized spacial score (nSPS) is 16.3. The van der Waals surface area contributed by atoms with Crippen LogP contribution >= 0.6 is 0 Å². The van der Waals surface area contributed by atoms with Gasteiger partial charge in [-0.2, -0.15) is 0 Å². The topological polar surface area (TPSA) is 77.5 Å². The highest BCUT2D eigenvalue weighted by atomic mass is 16.5. The van der Waals surface area contributed by atoms with Crippen molar-refractivity contribution in [2.45, 2.75) is 53.2 Å². The largest absolute Gasteiger partial charge is 0.460 e. The highest BCUT2D eigenvalue weighted by Gasteiger charge is 2.39. The molecule has 162 valence electrons. The number of allylic oxidation sites excluding steroid dienone is 2. The third-order valence-corrected chi connectivity index (χ3v) is 5.02. The van der Waals surface area contributed by atoms with Crippen LogP contribution in [0.5, 0.6) is 0 Å². The molecule has 0 amide bonds. The van der Waals surface area contributed by atoms with Gasteiger partial charge in [0.1, 0.15) is 6.61 Å². The number of dihydropyridines is 1. The second kappa shape index (κ2) is 9.60. The Morgan fingerprint density at radius 3 is 2.19 bits per heavy atom. The van der Waals surface area contributed by atoms with Crippen molar-refractivity contribution >= 4 is 11.9 Å². The van der Waals surface area contributed by atoms with E-state index in [1.807, 2.05) is 37.3 Å². The number of esters is 2. The van der Waals surface area contributed by atoms with E-state index in [9.17, 15) is 9.59 Å². The molecule has 1 unspecified atom stereocenters. The van der Waals surface area contributed by atoms with Gasteiger partial charge >= 0.3 is 11.9 Å². The van der Waals surface area contributed by atoms with E-state index in [-0.39, 0.29) is 12.7 Å². The van der Waals surface area contributed by atoms with Gasteiger partial charge in [-0.1, -0.05) is 35.9 Å². The summed E-state index contributed by atoms with van der Waals surface area (Å²) in [5.74, 6) is -1.66. The number of rotatable bonds is 6. The Hall–Kier alpha value is -3.41. The fourth-order valence-corrected chi connectivity index (χ4v) is 3.57. The minimum atomic E-state index is -0.681. The summed E-state index contributed by atoms with van der Waals surface area (Å²) < 4.78 is 11.1. The zero-order chi connectivity index (χ0) is 22.5. The Kier molecular flexibility index (Phi) is 6.90. The number of aryl methyl sites for hydroxylation is 1. The van der Waals surface area contributed by atoms with Gasteiger partial charge < -0.3 is 14.8 Å². The van der Waals surface area contributed by atoms with E-state index in [2.05, 4.69) is 10.3 Å². The summed E-state index contributed by atoms with van der Waals surface area (Å²) in [7, 11) is 0. The molecule has 0 saturated heterocycles. The second-order valence-corrected chi connectivity index (χ2v) is 7.91. The highest BCUT2D eigenvalue weighted by Crippen LogP contribution is 2.38. The van der Waals surface area contributed by atoms with Crippen LogP contribution in [0.15, 0.2) is 71.2 Å². The van der Waals surface area contributed by atoms with Crippen LogP contribution in [0.4, 0.5) is 0 Å². The first-order valence-electron chi connectivity index (χ1n) is 10.3.